The minimum absolute atomic E-state index is 0.0212. The van der Waals surface area contributed by atoms with Crippen molar-refractivity contribution in [1.29, 1.82) is 0 Å². The van der Waals surface area contributed by atoms with Crippen LogP contribution in [0.3, 0.4) is 0 Å². The molecule has 0 aliphatic heterocycles. The number of nitro groups is 1. The first-order chi connectivity index (χ1) is 16.1. The molecule has 13 heteroatoms. The van der Waals surface area contributed by atoms with Crippen LogP contribution in [0.5, 0.6) is 11.5 Å². The van der Waals surface area contributed by atoms with E-state index >= 15 is 0 Å². The zero-order chi connectivity index (χ0) is 25.3. The average Bonchev–Trinajstić information content (AvgIpc) is 2.81. The zero-order valence-electron chi connectivity index (χ0n) is 18.9. The maximum Gasteiger partial charge on any atom is 0.276 e. The van der Waals surface area contributed by atoms with Gasteiger partial charge >= 0.3 is 0 Å². The van der Waals surface area contributed by atoms with E-state index in [2.05, 4.69) is 15.4 Å². The summed E-state index contributed by atoms with van der Waals surface area (Å²) in [6.45, 7) is 0.947. The molecule has 2 rings (SSSR count). The molecular weight excluding hydrogens is 468 g/mol. The Labute approximate surface area is 196 Å². The molecule has 3 N–H and O–H groups in total. The predicted molar refractivity (Wildman–Crippen MR) is 122 cm³/mol. The largest absolute Gasteiger partial charge is 0.493 e. The van der Waals surface area contributed by atoms with Crippen molar-refractivity contribution in [2.45, 2.75) is 18.2 Å². The van der Waals surface area contributed by atoms with Crippen molar-refractivity contribution in [2.24, 2.45) is 0 Å². The van der Waals surface area contributed by atoms with Crippen molar-refractivity contribution < 1.29 is 32.4 Å². The van der Waals surface area contributed by atoms with Crippen LogP contribution in [0, 0.1) is 17.0 Å². The number of nitrogens with one attached hydrogen (secondary N) is 3. The Balaban J connectivity index is 1.82. The number of hydrogen-bond acceptors (Lipinski definition) is 8. The fraction of sp³-hybridized carbons (Fsp3) is 0.333. The van der Waals surface area contributed by atoms with Gasteiger partial charge in [-0.3, -0.25) is 19.7 Å². The van der Waals surface area contributed by atoms with Gasteiger partial charge in [0.25, 0.3) is 5.69 Å². The Bertz CT molecular complexity index is 1150. The molecule has 0 bridgehead atoms. The van der Waals surface area contributed by atoms with Crippen LogP contribution < -0.4 is 24.8 Å². The number of nitrogens with zero attached hydrogens (tertiary/aromatic N) is 1. The molecule has 0 radical (unpaired) electrons. The van der Waals surface area contributed by atoms with Crippen LogP contribution in [-0.4, -0.2) is 59.0 Å². The summed E-state index contributed by atoms with van der Waals surface area (Å²) in [5.41, 5.74) is 1.04. The number of ether oxygens (including phenoxy) is 2. The second-order valence-electron chi connectivity index (χ2n) is 7.11. The van der Waals surface area contributed by atoms with Gasteiger partial charge in [-0.15, -0.1) is 0 Å². The lowest BCUT2D eigenvalue weighted by Crippen LogP contribution is -2.42. The number of nitro benzene ring substituents is 1. The first-order valence-electron chi connectivity index (χ1n) is 10.1. The standard InChI is InChI=1S/C21H26N4O8S/c1-14-4-6-16(7-5-14)34(30,31)24-13-21(27)23-12-20(26)22-9-8-15-10-18(32-2)19(33-3)11-17(15)25(28)29/h4-7,10-11,24H,8-9,12-13H2,1-3H3,(H,22,26)(H,23,27). The summed E-state index contributed by atoms with van der Waals surface area (Å²) < 4.78 is 36.8. The van der Waals surface area contributed by atoms with Crippen molar-refractivity contribution in [3.05, 3.63) is 57.6 Å². The van der Waals surface area contributed by atoms with Gasteiger partial charge in [0.1, 0.15) is 0 Å². The smallest absolute Gasteiger partial charge is 0.276 e. The van der Waals surface area contributed by atoms with E-state index < -0.39 is 33.3 Å². The van der Waals surface area contributed by atoms with Gasteiger partial charge in [0.05, 0.1) is 43.2 Å². The highest BCUT2D eigenvalue weighted by Gasteiger charge is 2.20. The number of amides is 2. The van der Waals surface area contributed by atoms with Gasteiger partial charge < -0.3 is 20.1 Å². The summed E-state index contributed by atoms with van der Waals surface area (Å²) in [6, 6.07) is 8.82. The number of carbonyl (C=O) groups excluding carboxylic acids is 2. The molecular formula is C21H26N4O8S. The maximum atomic E-state index is 12.2. The lowest BCUT2D eigenvalue weighted by molar-refractivity contribution is -0.385. The molecule has 0 saturated carbocycles. The second kappa shape index (κ2) is 12.0. The number of hydrogen-bond donors (Lipinski definition) is 3. The van der Waals surface area contributed by atoms with Gasteiger partial charge in [-0.05, 0) is 31.5 Å². The zero-order valence-corrected chi connectivity index (χ0v) is 19.7. The topological polar surface area (TPSA) is 166 Å². The van der Waals surface area contributed by atoms with E-state index in [-0.39, 0.29) is 35.8 Å². The monoisotopic (exact) mass is 494 g/mol. The molecule has 34 heavy (non-hydrogen) atoms. The van der Waals surface area contributed by atoms with Gasteiger partial charge in [0.15, 0.2) is 11.5 Å². The summed E-state index contributed by atoms with van der Waals surface area (Å²) in [4.78, 5) is 34.7. The van der Waals surface area contributed by atoms with E-state index in [4.69, 9.17) is 9.47 Å². The van der Waals surface area contributed by atoms with E-state index in [1.165, 1.54) is 38.5 Å². The van der Waals surface area contributed by atoms with Crippen LogP contribution in [0.1, 0.15) is 11.1 Å². The van der Waals surface area contributed by atoms with E-state index in [9.17, 15) is 28.1 Å². The third kappa shape index (κ3) is 7.42. The molecule has 12 nitrogen and oxygen atoms in total. The quantitative estimate of drug-likeness (QED) is 0.286. The molecule has 184 valence electrons. The molecule has 0 aliphatic rings. The van der Waals surface area contributed by atoms with Gasteiger partial charge in [-0.25, -0.2) is 13.1 Å². The van der Waals surface area contributed by atoms with Crippen LogP contribution in [0.15, 0.2) is 41.3 Å². The van der Waals surface area contributed by atoms with Crippen molar-refractivity contribution in [1.82, 2.24) is 15.4 Å². The van der Waals surface area contributed by atoms with Crippen molar-refractivity contribution in [2.75, 3.05) is 33.9 Å². The van der Waals surface area contributed by atoms with Gasteiger partial charge in [0, 0.05) is 12.1 Å². The molecule has 2 aromatic carbocycles. The first kappa shape index (κ1) is 26.5. The van der Waals surface area contributed by atoms with Gasteiger partial charge in [0.2, 0.25) is 21.8 Å². The molecule has 0 atom stereocenters. The SMILES string of the molecule is COc1cc(CCNC(=O)CNC(=O)CNS(=O)(=O)c2ccc(C)cc2)c([N+](=O)[O-])cc1OC. The first-order valence-corrected chi connectivity index (χ1v) is 11.5. The minimum atomic E-state index is -3.86. The lowest BCUT2D eigenvalue weighted by Gasteiger charge is -2.11. The third-order valence-corrected chi connectivity index (χ3v) is 6.12. The van der Waals surface area contributed by atoms with E-state index in [0.29, 0.717) is 11.3 Å². The third-order valence-electron chi connectivity index (χ3n) is 4.70. The number of aryl methyl sites for hydroxylation is 1. The Hall–Kier alpha value is -3.71. The molecule has 0 aliphatic carbocycles. The summed E-state index contributed by atoms with van der Waals surface area (Å²) in [6.07, 6.45) is 0.132. The highest BCUT2D eigenvalue weighted by atomic mass is 32.2. The van der Waals surface area contributed by atoms with Crippen molar-refractivity contribution >= 4 is 27.5 Å². The normalized spacial score (nSPS) is 10.9. The van der Waals surface area contributed by atoms with Gasteiger partial charge in [-0.2, -0.15) is 0 Å². The molecule has 0 saturated heterocycles. The van der Waals surface area contributed by atoms with Crippen LogP contribution in [0.4, 0.5) is 5.69 Å². The van der Waals surface area contributed by atoms with Crippen LogP contribution >= 0.6 is 0 Å². The highest BCUT2D eigenvalue weighted by Crippen LogP contribution is 2.34. The fourth-order valence-electron chi connectivity index (χ4n) is 2.88. The number of sulfonamides is 1. The Kier molecular flexibility index (Phi) is 9.33. The van der Waals surface area contributed by atoms with E-state index in [1.54, 1.807) is 12.1 Å². The fourth-order valence-corrected chi connectivity index (χ4v) is 3.86. The van der Waals surface area contributed by atoms with Crippen molar-refractivity contribution in [3.8, 4) is 11.5 Å². The lowest BCUT2D eigenvalue weighted by atomic mass is 10.1. The number of benzene rings is 2. The minimum Gasteiger partial charge on any atom is -0.493 e. The van der Waals surface area contributed by atoms with E-state index in [1.807, 2.05) is 6.92 Å². The molecule has 0 heterocycles. The van der Waals surface area contributed by atoms with Crippen LogP contribution in [0.2, 0.25) is 0 Å². The van der Waals surface area contributed by atoms with Gasteiger partial charge in [-0.1, -0.05) is 17.7 Å². The predicted octanol–water partition coefficient (Wildman–Crippen LogP) is 0.674. The summed E-state index contributed by atoms with van der Waals surface area (Å²) in [5, 5.41) is 16.2. The molecule has 0 unspecified atom stereocenters. The summed E-state index contributed by atoms with van der Waals surface area (Å²) in [5.74, 6) is -0.711. The molecule has 0 fully saturated rings. The summed E-state index contributed by atoms with van der Waals surface area (Å²) >= 11 is 0. The number of methoxy groups -OCH3 is 2. The second-order valence-corrected chi connectivity index (χ2v) is 8.87. The van der Waals surface area contributed by atoms with Crippen LogP contribution in [-0.2, 0) is 26.0 Å². The Morgan fingerprint density at radius 3 is 2.15 bits per heavy atom. The molecule has 0 spiro atoms. The summed E-state index contributed by atoms with van der Waals surface area (Å²) in [7, 11) is -1.10. The van der Waals surface area contributed by atoms with Crippen molar-refractivity contribution in [3.63, 3.8) is 0 Å². The maximum absolute atomic E-state index is 12.2. The van der Waals surface area contributed by atoms with Crippen LogP contribution in [0.25, 0.3) is 0 Å². The highest BCUT2D eigenvalue weighted by molar-refractivity contribution is 7.89. The number of carbonyl (C=O) groups is 2. The Morgan fingerprint density at radius 1 is 0.971 bits per heavy atom. The number of rotatable bonds is 12. The average molecular weight is 495 g/mol. The van der Waals surface area contributed by atoms with E-state index in [0.717, 1.165) is 5.56 Å². The molecule has 2 aromatic rings. The Morgan fingerprint density at radius 2 is 1.56 bits per heavy atom. The molecule has 2 amide bonds. The molecule has 0 aromatic heterocycles.